The molecule has 3 aromatic rings. The van der Waals surface area contributed by atoms with Gasteiger partial charge < -0.3 is 14.8 Å². The highest BCUT2D eigenvalue weighted by atomic mass is 16.5. The molecule has 7 nitrogen and oxygen atoms in total. The van der Waals surface area contributed by atoms with Gasteiger partial charge in [-0.15, -0.1) is 0 Å². The molecule has 0 unspecified atom stereocenters. The number of nitrogens with zero attached hydrogens (tertiary/aromatic N) is 2. The van der Waals surface area contributed by atoms with Gasteiger partial charge in [-0.05, 0) is 43.7 Å². The number of carbonyl (C=O) groups excluding carboxylic acids is 2. The number of ether oxygens (including phenoxy) is 2. The van der Waals surface area contributed by atoms with E-state index in [1.54, 1.807) is 24.3 Å². The summed E-state index contributed by atoms with van der Waals surface area (Å²) in [5.41, 5.74) is 4.51. The van der Waals surface area contributed by atoms with Crippen molar-refractivity contribution in [2.45, 2.75) is 26.9 Å². The molecule has 0 radical (unpaired) electrons. The van der Waals surface area contributed by atoms with E-state index in [4.69, 9.17) is 4.74 Å². The minimum absolute atomic E-state index is 0.117. The minimum Gasteiger partial charge on any atom is -0.484 e. The molecule has 1 N–H and O–H groups in total. The molecule has 0 saturated carbocycles. The summed E-state index contributed by atoms with van der Waals surface area (Å²) >= 11 is 0. The second kappa shape index (κ2) is 9.73. The number of rotatable bonds is 8. The first-order valence-electron chi connectivity index (χ1n) is 9.62. The van der Waals surface area contributed by atoms with E-state index >= 15 is 0 Å². The van der Waals surface area contributed by atoms with Crippen molar-refractivity contribution < 1.29 is 19.1 Å². The second-order valence-corrected chi connectivity index (χ2v) is 6.87. The van der Waals surface area contributed by atoms with Gasteiger partial charge in [0.05, 0.1) is 24.9 Å². The molecule has 0 fully saturated rings. The Labute approximate surface area is 175 Å². The number of methoxy groups -OCH3 is 1. The number of amides is 1. The summed E-state index contributed by atoms with van der Waals surface area (Å²) in [6, 6.07) is 16.6. The van der Waals surface area contributed by atoms with Gasteiger partial charge in [0.1, 0.15) is 5.75 Å². The lowest BCUT2D eigenvalue weighted by atomic mass is 10.2. The maximum Gasteiger partial charge on any atom is 0.337 e. The third-order valence-electron chi connectivity index (χ3n) is 4.81. The quantitative estimate of drug-likeness (QED) is 0.581. The van der Waals surface area contributed by atoms with Gasteiger partial charge in [-0.25, -0.2) is 4.79 Å². The number of hydrogen-bond acceptors (Lipinski definition) is 5. The van der Waals surface area contributed by atoms with Crippen molar-refractivity contribution in [1.82, 2.24) is 15.1 Å². The van der Waals surface area contributed by atoms with Crippen LogP contribution in [0.3, 0.4) is 0 Å². The largest absolute Gasteiger partial charge is 0.484 e. The number of aryl methyl sites for hydroxylation is 1. The van der Waals surface area contributed by atoms with Crippen LogP contribution in [0, 0.1) is 13.8 Å². The highest BCUT2D eigenvalue weighted by molar-refractivity contribution is 5.89. The highest BCUT2D eigenvalue weighted by Gasteiger charge is 2.13. The molecule has 156 valence electrons. The molecule has 1 amide bonds. The molecule has 0 aliphatic rings. The zero-order valence-electron chi connectivity index (χ0n) is 17.3. The summed E-state index contributed by atoms with van der Waals surface area (Å²) in [4.78, 5) is 23.6. The molecule has 0 spiro atoms. The highest BCUT2D eigenvalue weighted by Crippen LogP contribution is 2.15. The Kier molecular flexibility index (Phi) is 6.85. The Morgan fingerprint density at radius 2 is 1.73 bits per heavy atom. The Morgan fingerprint density at radius 3 is 2.40 bits per heavy atom. The van der Waals surface area contributed by atoms with Crippen LogP contribution in [0.25, 0.3) is 0 Å². The van der Waals surface area contributed by atoms with Crippen molar-refractivity contribution in [2.75, 3.05) is 13.7 Å². The summed E-state index contributed by atoms with van der Waals surface area (Å²) in [6.45, 7) is 4.90. The van der Waals surface area contributed by atoms with E-state index in [9.17, 15) is 9.59 Å². The molecule has 30 heavy (non-hydrogen) atoms. The van der Waals surface area contributed by atoms with Crippen LogP contribution in [0.5, 0.6) is 5.75 Å². The fraction of sp³-hybridized carbons (Fsp3) is 0.261. The fourth-order valence-electron chi connectivity index (χ4n) is 3.09. The number of aromatic nitrogens is 2. The van der Waals surface area contributed by atoms with Gasteiger partial charge in [-0.1, -0.05) is 30.3 Å². The zero-order chi connectivity index (χ0) is 21.5. The molecule has 3 rings (SSSR count). The standard InChI is InChI=1S/C23H25N3O4/c1-16-21(17(2)26(25-16)14-18-7-5-4-6-8-18)13-24-22(27)15-30-20-11-9-19(10-12-20)23(28)29-3/h4-12H,13-15H2,1-3H3,(H,24,27). The Hall–Kier alpha value is -3.61. The average molecular weight is 407 g/mol. The normalized spacial score (nSPS) is 10.5. The summed E-state index contributed by atoms with van der Waals surface area (Å²) in [6.07, 6.45) is 0. The number of nitrogens with one attached hydrogen (secondary N) is 1. The lowest BCUT2D eigenvalue weighted by Gasteiger charge is -2.09. The van der Waals surface area contributed by atoms with E-state index in [1.165, 1.54) is 12.7 Å². The van der Waals surface area contributed by atoms with Crippen molar-refractivity contribution in [3.8, 4) is 5.75 Å². The first-order valence-corrected chi connectivity index (χ1v) is 9.62. The van der Waals surface area contributed by atoms with Crippen molar-refractivity contribution in [3.05, 3.63) is 82.7 Å². The van der Waals surface area contributed by atoms with Crippen molar-refractivity contribution in [2.24, 2.45) is 0 Å². The molecule has 0 bridgehead atoms. The van der Waals surface area contributed by atoms with Crippen molar-refractivity contribution in [1.29, 1.82) is 0 Å². The predicted octanol–water partition coefficient (Wildman–Crippen LogP) is 3.03. The van der Waals surface area contributed by atoms with Crippen LogP contribution in [-0.2, 0) is 22.6 Å². The lowest BCUT2D eigenvalue weighted by molar-refractivity contribution is -0.123. The van der Waals surface area contributed by atoms with E-state index in [0.29, 0.717) is 24.4 Å². The van der Waals surface area contributed by atoms with E-state index in [0.717, 1.165) is 17.0 Å². The molecular formula is C23H25N3O4. The first-order chi connectivity index (χ1) is 14.5. The maximum absolute atomic E-state index is 12.2. The van der Waals surface area contributed by atoms with Crippen LogP contribution in [0.2, 0.25) is 0 Å². The number of carbonyl (C=O) groups is 2. The van der Waals surface area contributed by atoms with Gasteiger partial charge in [-0.2, -0.15) is 5.10 Å². The van der Waals surface area contributed by atoms with Gasteiger partial charge in [0.15, 0.2) is 6.61 Å². The van der Waals surface area contributed by atoms with Gasteiger partial charge in [0.25, 0.3) is 5.91 Å². The fourth-order valence-corrected chi connectivity index (χ4v) is 3.09. The topological polar surface area (TPSA) is 82.4 Å². The van der Waals surface area contributed by atoms with Crippen LogP contribution < -0.4 is 10.1 Å². The molecule has 0 atom stereocenters. The monoisotopic (exact) mass is 407 g/mol. The minimum atomic E-state index is -0.419. The molecular weight excluding hydrogens is 382 g/mol. The van der Waals surface area contributed by atoms with Crippen LogP contribution in [0.1, 0.15) is 32.9 Å². The molecule has 1 aromatic heterocycles. The van der Waals surface area contributed by atoms with E-state index in [2.05, 4.69) is 27.3 Å². The summed E-state index contributed by atoms with van der Waals surface area (Å²) in [5.74, 6) is -0.152. The summed E-state index contributed by atoms with van der Waals surface area (Å²) in [5, 5.41) is 7.48. The number of hydrogen-bond donors (Lipinski definition) is 1. The third kappa shape index (κ3) is 5.26. The van der Waals surface area contributed by atoms with Gasteiger partial charge in [0, 0.05) is 17.8 Å². The lowest BCUT2D eigenvalue weighted by Crippen LogP contribution is -2.28. The predicted molar refractivity (Wildman–Crippen MR) is 112 cm³/mol. The molecule has 0 aliphatic carbocycles. The Morgan fingerprint density at radius 1 is 1.03 bits per heavy atom. The Bertz CT molecular complexity index is 1010. The van der Waals surface area contributed by atoms with Crippen LogP contribution in [-0.4, -0.2) is 35.4 Å². The van der Waals surface area contributed by atoms with Gasteiger partial charge in [0.2, 0.25) is 0 Å². The molecule has 0 saturated heterocycles. The van der Waals surface area contributed by atoms with Crippen LogP contribution >= 0.6 is 0 Å². The van der Waals surface area contributed by atoms with Gasteiger partial charge >= 0.3 is 5.97 Å². The second-order valence-electron chi connectivity index (χ2n) is 6.87. The first kappa shape index (κ1) is 21.1. The number of esters is 1. The van der Waals surface area contributed by atoms with E-state index in [1.807, 2.05) is 36.7 Å². The average Bonchev–Trinajstić information content (AvgIpc) is 3.03. The summed E-state index contributed by atoms with van der Waals surface area (Å²) in [7, 11) is 1.33. The molecule has 7 heteroatoms. The SMILES string of the molecule is COC(=O)c1ccc(OCC(=O)NCc2c(C)nn(Cc3ccccc3)c2C)cc1. The molecule has 2 aromatic carbocycles. The van der Waals surface area contributed by atoms with Gasteiger partial charge in [-0.3, -0.25) is 9.48 Å². The zero-order valence-corrected chi connectivity index (χ0v) is 17.3. The summed E-state index contributed by atoms with van der Waals surface area (Å²) < 4.78 is 12.1. The Balaban J connectivity index is 1.53. The van der Waals surface area contributed by atoms with Crippen LogP contribution in [0.15, 0.2) is 54.6 Å². The van der Waals surface area contributed by atoms with Crippen molar-refractivity contribution >= 4 is 11.9 Å². The van der Waals surface area contributed by atoms with Crippen molar-refractivity contribution in [3.63, 3.8) is 0 Å². The van der Waals surface area contributed by atoms with E-state index < -0.39 is 5.97 Å². The molecule has 0 aliphatic heterocycles. The van der Waals surface area contributed by atoms with E-state index in [-0.39, 0.29) is 12.5 Å². The molecule has 1 heterocycles. The number of benzene rings is 2. The van der Waals surface area contributed by atoms with Crippen LogP contribution in [0.4, 0.5) is 0 Å². The maximum atomic E-state index is 12.2. The third-order valence-corrected chi connectivity index (χ3v) is 4.81. The smallest absolute Gasteiger partial charge is 0.337 e.